The van der Waals surface area contributed by atoms with E-state index < -0.39 is 0 Å². The van der Waals surface area contributed by atoms with Crippen LogP contribution >= 0.6 is 0 Å². The summed E-state index contributed by atoms with van der Waals surface area (Å²) in [7, 11) is 0. The highest BCUT2D eigenvalue weighted by Crippen LogP contribution is 2.19. The van der Waals surface area contributed by atoms with Crippen LogP contribution in [0.15, 0.2) is 30.6 Å². The molecular weight excluding hydrogens is 310 g/mol. The Labute approximate surface area is 139 Å². The van der Waals surface area contributed by atoms with Crippen molar-refractivity contribution in [1.29, 1.82) is 0 Å². The van der Waals surface area contributed by atoms with Gasteiger partial charge in [-0.25, -0.2) is 9.48 Å². The number of carbonyl (C=O) groups is 2. The number of rotatable bonds is 4. The average molecular weight is 329 g/mol. The fourth-order valence-electron chi connectivity index (χ4n) is 2.69. The van der Waals surface area contributed by atoms with Crippen molar-refractivity contribution in [2.45, 2.75) is 13.3 Å². The smallest absolute Gasteiger partial charge is 0.321 e. The number of nitrogens with zero attached hydrogens (tertiary/aromatic N) is 5. The number of amides is 3. The first-order valence-electron chi connectivity index (χ1n) is 7.84. The van der Waals surface area contributed by atoms with Crippen LogP contribution in [0.1, 0.15) is 13.3 Å². The first-order valence-corrected chi connectivity index (χ1v) is 7.84. The number of hydrogen-bond donors (Lipinski definition) is 2. The zero-order valence-electron chi connectivity index (χ0n) is 13.3. The van der Waals surface area contributed by atoms with Crippen molar-refractivity contribution in [3.8, 4) is 5.69 Å². The summed E-state index contributed by atoms with van der Waals surface area (Å²) in [6, 6.07) is 7.02. The fourth-order valence-corrected chi connectivity index (χ4v) is 2.69. The molecule has 1 fully saturated rings. The Morgan fingerprint density at radius 2 is 2.25 bits per heavy atom. The van der Waals surface area contributed by atoms with Crippen molar-refractivity contribution < 1.29 is 9.59 Å². The highest BCUT2D eigenvalue weighted by molar-refractivity contribution is 5.90. The maximum absolute atomic E-state index is 12.4. The molecule has 1 saturated heterocycles. The second kappa shape index (κ2) is 7.07. The maximum atomic E-state index is 12.4. The lowest BCUT2D eigenvalue weighted by Crippen LogP contribution is -2.36. The third-order valence-electron chi connectivity index (χ3n) is 3.91. The molecule has 3 rings (SSSR count). The van der Waals surface area contributed by atoms with Crippen LogP contribution in [0.5, 0.6) is 0 Å². The van der Waals surface area contributed by atoms with Gasteiger partial charge in [-0.05, 0) is 42.0 Å². The number of nitrogens with one attached hydrogen (secondary N) is 2. The second-order valence-corrected chi connectivity index (χ2v) is 5.56. The molecule has 1 aromatic heterocycles. The molecule has 1 aromatic carbocycles. The summed E-state index contributed by atoms with van der Waals surface area (Å²) in [6.45, 7) is 3.49. The molecule has 0 saturated carbocycles. The number of benzene rings is 1. The minimum Gasteiger partial charge on any atom is -0.356 e. The van der Waals surface area contributed by atoms with E-state index in [1.807, 2.05) is 19.1 Å². The lowest BCUT2D eigenvalue weighted by atomic mass is 10.1. The van der Waals surface area contributed by atoms with Crippen LogP contribution in [-0.2, 0) is 4.79 Å². The van der Waals surface area contributed by atoms with E-state index in [4.69, 9.17) is 0 Å². The van der Waals surface area contributed by atoms with E-state index in [2.05, 4.69) is 26.2 Å². The Morgan fingerprint density at radius 1 is 1.38 bits per heavy atom. The monoisotopic (exact) mass is 329 g/mol. The van der Waals surface area contributed by atoms with Gasteiger partial charge in [-0.3, -0.25) is 4.79 Å². The normalized spacial score (nSPS) is 16.9. The van der Waals surface area contributed by atoms with Crippen molar-refractivity contribution in [3.05, 3.63) is 30.6 Å². The van der Waals surface area contributed by atoms with E-state index in [0.29, 0.717) is 31.7 Å². The van der Waals surface area contributed by atoms with E-state index in [9.17, 15) is 9.59 Å². The Morgan fingerprint density at radius 3 is 3.00 bits per heavy atom. The van der Waals surface area contributed by atoms with Crippen LogP contribution < -0.4 is 10.6 Å². The molecule has 3 amide bonds. The number of hydrogen-bond acceptors (Lipinski definition) is 5. The average Bonchev–Trinajstić information content (AvgIpc) is 3.27. The van der Waals surface area contributed by atoms with Crippen molar-refractivity contribution in [2.75, 3.05) is 25.0 Å². The van der Waals surface area contributed by atoms with E-state index in [0.717, 1.165) is 5.69 Å². The standard InChI is InChI=1S/C15H19N7O2/c1-2-16-14(23)11-6-7-21(9-11)15(24)18-12-4-3-5-13(8-12)22-10-17-19-20-22/h3-5,8,10-11H,2,6-7,9H2,1H3,(H,16,23)(H,18,24). The molecule has 0 aliphatic carbocycles. The molecule has 2 heterocycles. The van der Waals surface area contributed by atoms with Crippen LogP contribution in [0.3, 0.4) is 0 Å². The molecular formula is C15H19N7O2. The summed E-state index contributed by atoms with van der Waals surface area (Å²) in [5.41, 5.74) is 1.40. The first kappa shape index (κ1) is 15.9. The van der Waals surface area contributed by atoms with E-state index >= 15 is 0 Å². The lowest BCUT2D eigenvalue weighted by molar-refractivity contribution is -0.124. The number of tetrazole rings is 1. The molecule has 2 N–H and O–H groups in total. The van der Waals surface area contributed by atoms with Gasteiger partial charge in [-0.15, -0.1) is 5.10 Å². The molecule has 1 aliphatic rings. The quantitative estimate of drug-likeness (QED) is 0.857. The van der Waals surface area contributed by atoms with E-state index in [1.54, 1.807) is 17.0 Å². The van der Waals surface area contributed by atoms with Gasteiger partial charge < -0.3 is 15.5 Å². The van der Waals surface area contributed by atoms with Crippen molar-refractivity contribution in [1.82, 2.24) is 30.4 Å². The molecule has 24 heavy (non-hydrogen) atoms. The van der Waals surface area contributed by atoms with Gasteiger partial charge in [0.25, 0.3) is 0 Å². The topological polar surface area (TPSA) is 105 Å². The largest absolute Gasteiger partial charge is 0.356 e. The molecule has 9 heteroatoms. The number of likely N-dealkylation sites (tertiary alicyclic amines) is 1. The van der Waals surface area contributed by atoms with Crippen LogP contribution in [0.25, 0.3) is 5.69 Å². The van der Waals surface area contributed by atoms with E-state index in [-0.39, 0.29) is 17.9 Å². The molecule has 1 atom stereocenters. The Kier molecular flexibility index (Phi) is 4.69. The van der Waals surface area contributed by atoms with Gasteiger partial charge >= 0.3 is 6.03 Å². The summed E-state index contributed by atoms with van der Waals surface area (Å²) < 4.78 is 1.51. The molecule has 0 bridgehead atoms. The highest BCUT2D eigenvalue weighted by atomic mass is 16.2. The molecule has 9 nitrogen and oxygen atoms in total. The minimum atomic E-state index is -0.212. The zero-order chi connectivity index (χ0) is 16.9. The third kappa shape index (κ3) is 3.50. The van der Waals surface area contributed by atoms with Crippen molar-refractivity contribution >= 4 is 17.6 Å². The number of aromatic nitrogens is 4. The molecule has 126 valence electrons. The predicted octanol–water partition coefficient (Wildman–Crippen LogP) is 0.652. The van der Waals surface area contributed by atoms with Crippen LogP contribution in [0.2, 0.25) is 0 Å². The van der Waals surface area contributed by atoms with Gasteiger partial charge in [0.15, 0.2) is 0 Å². The number of carbonyl (C=O) groups excluding carboxylic acids is 2. The van der Waals surface area contributed by atoms with Gasteiger partial charge in [-0.1, -0.05) is 6.07 Å². The highest BCUT2D eigenvalue weighted by Gasteiger charge is 2.30. The Balaban J connectivity index is 1.61. The van der Waals surface area contributed by atoms with Gasteiger partial charge in [0.2, 0.25) is 5.91 Å². The van der Waals surface area contributed by atoms with Gasteiger partial charge in [0.05, 0.1) is 11.6 Å². The van der Waals surface area contributed by atoms with E-state index in [1.165, 1.54) is 11.0 Å². The maximum Gasteiger partial charge on any atom is 0.321 e. The fraction of sp³-hybridized carbons (Fsp3) is 0.400. The van der Waals surface area contributed by atoms with Crippen molar-refractivity contribution in [2.24, 2.45) is 5.92 Å². The summed E-state index contributed by atoms with van der Waals surface area (Å²) in [5.74, 6) is -0.128. The lowest BCUT2D eigenvalue weighted by Gasteiger charge is -2.17. The minimum absolute atomic E-state index is 0.00785. The van der Waals surface area contributed by atoms with Gasteiger partial charge in [-0.2, -0.15) is 0 Å². The summed E-state index contributed by atoms with van der Waals surface area (Å²) >= 11 is 0. The Bertz CT molecular complexity index is 716. The number of urea groups is 1. The van der Waals surface area contributed by atoms with Gasteiger partial charge in [0.1, 0.15) is 6.33 Å². The molecule has 0 spiro atoms. The molecule has 0 radical (unpaired) electrons. The Hall–Kier alpha value is -2.97. The SMILES string of the molecule is CCNC(=O)C1CCN(C(=O)Nc2cccc(-n3cnnn3)c2)C1. The zero-order valence-corrected chi connectivity index (χ0v) is 13.3. The predicted molar refractivity (Wildman–Crippen MR) is 86.5 cm³/mol. The van der Waals surface area contributed by atoms with Gasteiger partial charge in [0, 0.05) is 25.3 Å². The second-order valence-electron chi connectivity index (χ2n) is 5.56. The third-order valence-corrected chi connectivity index (χ3v) is 3.91. The summed E-state index contributed by atoms with van der Waals surface area (Å²) in [6.07, 6.45) is 2.17. The molecule has 1 aliphatic heterocycles. The van der Waals surface area contributed by atoms with Crippen molar-refractivity contribution in [3.63, 3.8) is 0 Å². The first-order chi connectivity index (χ1) is 11.7. The van der Waals surface area contributed by atoms with Crippen LogP contribution in [0.4, 0.5) is 10.5 Å². The molecule has 1 unspecified atom stereocenters. The van der Waals surface area contributed by atoms with Crippen LogP contribution in [-0.4, -0.2) is 56.7 Å². The van der Waals surface area contributed by atoms with Crippen LogP contribution in [0, 0.1) is 5.92 Å². The summed E-state index contributed by atoms with van der Waals surface area (Å²) in [5, 5.41) is 16.7. The summed E-state index contributed by atoms with van der Waals surface area (Å²) in [4.78, 5) is 25.9. The molecule has 2 aromatic rings. The number of anilines is 1.